The summed E-state index contributed by atoms with van der Waals surface area (Å²) in [6.45, 7) is 3.87. The van der Waals surface area contributed by atoms with Crippen molar-refractivity contribution < 1.29 is 5.11 Å². The van der Waals surface area contributed by atoms with Gasteiger partial charge in [-0.2, -0.15) is 20.1 Å². The van der Waals surface area contributed by atoms with Gasteiger partial charge in [0.25, 0.3) is 0 Å². The van der Waals surface area contributed by atoms with Gasteiger partial charge in [0, 0.05) is 31.7 Å². The summed E-state index contributed by atoms with van der Waals surface area (Å²) in [6, 6.07) is 15.9. The molecule has 8 nitrogen and oxygen atoms in total. The number of nitrogens with zero attached hydrogens (tertiary/aromatic N) is 6. The number of anilines is 3. The number of benzene rings is 2. The van der Waals surface area contributed by atoms with E-state index < -0.39 is 0 Å². The van der Waals surface area contributed by atoms with Crippen molar-refractivity contribution in [2.75, 3.05) is 41.4 Å². The van der Waals surface area contributed by atoms with Crippen LogP contribution in [0, 0.1) is 0 Å². The van der Waals surface area contributed by atoms with Crippen molar-refractivity contribution in [2.45, 2.75) is 32.1 Å². The van der Waals surface area contributed by atoms with Crippen molar-refractivity contribution in [3.8, 4) is 5.75 Å². The number of phenols is 1. The van der Waals surface area contributed by atoms with E-state index in [1.165, 1.54) is 5.56 Å². The molecule has 0 aliphatic carbocycles. The fourth-order valence-corrected chi connectivity index (χ4v) is 4.33. The van der Waals surface area contributed by atoms with Gasteiger partial charge in [-0.3, -0.25) is 0 Å². The standard InChI is InChI=1S/C25H29N7O/c33-22-11-10-20(16-19-8-2-1-3-9-19)17-21(22)18-26-30-23-27-24(31-12-4-5-13-31)29-25(28-23)32-14-6-7-15-32/h1-3,8-11,17-18,33H,4-7,12-16H2,(H,27,28,29,30)/b26-18+. The number of nitrogens with one attached hydrogen (secondary N) is 1. The predicted molar refractivity (Wildman–Crippen MR) is 131 cm³/mol. The zero-order valence-electron chi connectivity index (χ0n) is 18.7. The number of aromatic hydroxyl groups is 1. The molecule has 5 rings (SSSR count). The first-order valence-corrected chi connectivity index (χ1v) is 11.7. The summed E-state index contributed by atoms with van der Waals surface area (Å²) in [6.07, 6.45) is 7.03. The molecule has 0 atom stereocenters. The van der Waals surface area contributed by atoms with Gasteiger partial charge in [0.15, 0.2) is 0 Å². The normalized spacial score (nSPS) is 16.1. The molecule has 2 saturated heterocycles. The van der Waals surface area contributed by atoms with E-state index in [-0.39, 0.29) is 5.75 Å². The fraction of sp³-hybridized carbons (Fsp3) is 0.360. The minimum Gasteiger partial charge on any atom is -0.507 e. The molecular weight excluding hydrogens is 414 g/mol. The van der Waals surface area contributed by atoms with Gasteiger partial charge in [-0.1, -0.05) is 36.4 Å². The third-order valence-electron chi connectivity index (χ3n) is 6.10. The molecule has 33 heavy (non-hydrogen) atoms. The lowest BCUT2D eigenvalue weighted by Crippen LogP contribution is -2.25. The van der Waals surface area contributed by atoms with Crippen LogP contribution >= 0.6 is 0 Å². The Kier molecular flexibility index (Phi) is 6.32. The van der Waals surface area contributed by atoms with Crippen molar-refractivity contribution >= 4 is 24.1 Å². The lowest BCUT2D eigenvalue weighted by molar-refractivity contribution is 0.474. The van der Waals surface area contributed by atoms with Crippen molar-refractivity contribution in [3.63, 3.8) is 0 Å². The summed E-state index contributed by atoms with van der Waals surface area (Å²) < 4.78 is 0. The van der Waals surface area contributed by atoms with Crippen molar-refractivity contribution in [1.29, 1.82) is 0 Å². The van der Waals surface area contributed by atoms with Crippen LogP contribution in [0.5, 0.6) is 5.75 Å². The molecule has 2 N–H and O–H groups in total. The van der Waals surface area contributed by atoms with E-state index in [1.807, 2.05) is 30.3 Å². The highest BCUT2D eigenvalue weighted by Crippen LogP contribution is 2.23. The molecule has 0 spiro atoms. The Labute approximate surface area is 194 Å². The number of hydrogen-bond acceptors (Lipinski definition) is 8. The lowest BCUT2D eigenvalue weighted by Gasteiger charge is -2.20. The van der Waals surface area contributed by atoms with E-state index >= 15 is 0 Å². The number of rotatable bonds is 7. The van der Waals surface area contributed by atoms with Gasteiger partial charge < -0.3 is 14.9 Å². The summed E-state index contributed by atoms with van der Waals surface area (Å²) in [7, 11) is 0. The van der Waals surface area contributed by atoms with E-state index in [0.29, 0.717) is 23.4 Å². The summed E-state index contributed by atoms with van der Waals surface area (Å²) >= 11 is 0. The molecule has 8 heteroatoms. The summed E-state index contributed by atoms with van der Waals surface area (Å²) in [5.74, 6) is 2.01. The molecule has 0 bridgehead atoms. The summed E-state index contributed by atoms with van der Waals surface area (Å²) in [5, 5.41) is 14.6. The second kappa shape index (κ2) is 9.85. The maximum Gasteiger partial charge on any atom is 0.250 e. The van der Waals surface area contributed by atoms with Crippen LogP contribution in [0.25, 0.3) is 0 Å². The minimum absolute atomic E-state index is 0.184. The SMILES string of the molecule is Oc1ccc(Cc2ccccc2)cc1/C=N/Nc1nc(N2CCCC2)nc(N2CCCC2)n1. The van der Waals surface area contributed by atoms with E-state index in [4.69, 9.17) is 4.98 Å². The highest BCUT2D eigenvalue weighted by atomic mass is 16.3. The Morgan fingerprint density at radius 3 is 2.09 bits per heavy atom. The monoisotopic (exact) mass is 443 g/mol. The maximum atomic E-state index is 10.3. The zero-order valence-corrected chi connectivity index (χ0v) is 18.7. The van der Waals surface area contributed by atoms with Crippen LogP contribution in [0.4, 0.5) is 17.8 Å². The molecule has 170 valence electrons. The van der Waals surface area contributed by atoms with Gasteiger partial charge in [-0.25, -0.2) is 5.43 Å². The van der Waals surface area contributed by atoms with Gasteiger partial charge >= 0.3 is 0 Å². The molecule has 0 radical (unpaired) electrons. The van der Waals surface area contributed by atoms with E-state index in [9.17, 15) is 5.11 Å². The molecule has 2 aliphatic rings. The van der Waals surface area contributed by atoms with Crippen LogP contribution in [0.2, 0.25) is 0 Å². The van der Waals surface area contributed by atoms with Crippen molar-refractivity contribution in [2.24, 2.45) is 5.10 Å². The molecule has 2 aliphatic heterocycles. The first-order chi connectivity index (χ1) is 16.2. The largest absolute Gasteiger partial charge is 0.507 e. The molecule has 0 unspecified atom stereocenters. The average molecular weight is 444 g/mol. The van der Waals surface area contributed by atoms with Crippen LogP contribution in [0.3, 0.4) is 0 Å². The third-order valence-corrected chi connectivity index (χ3v) is 6.10. The predicted octanol–water partition coefficient (Wildman–Crippen LogP) is 3.81. The summed E-state index contributed by atoms with van der Waals surface area (Å²) in [4.78, 5) is 18.3. The van der Waals surface area contributed by atoms with Gasteiger partial charge in [0.2, 0.25) is 17.8 Å². The van der Waals surface area contributed by atoms with Crippen molar-refractivity contribution in [3.05, 3.63) is 65.2 Å². The van der Waals surface area contributed by atoms with Crippen LogP contribution in [0.1, 0.15) is 42.4 Å². The number of hydrogen-bond donors (Lipinski definition) is 2. The Hall–Kier alpha value is -3.68. The molecule has 3 aromatic rings. The van der Waals surface area contributed by atoms with E-state index in [0.717, 1.165) is 63.8 Å². The molecule has 0 amide bonds. The fourth-order valence-electron chi connectivity index (χ4n) is 4.33. The maximum absolute atomic E-state index is 10.3. The second-order valence-corrected chi connectivity index (χ2v) is 8.57. The third kappa shape index (κ3) is 5.22. The van der Waals surface area contributed by atoms with Crippen LogP contribution in [-0.4, -0.2) is 52.5 Å². The van der Waals surface area contributed by atoms with Crippen molar-refractivity contribution in [1.82, 2.24) is 15.0 Å². The van der Waals surface area contributed by atoms with E-state index in [2.05, 4.69) is 42.4 Å². The first kappa shape index (κ1) is 21.2. The Balaban J connectivity index is 1.34. The highest BCUT2D eigenvalue weighted by Gasteiger charge is 2.21. The number of hydrazone groups is 1. The van der Waals surface area contributed by atoms with Crippen LogP contribution in [-0.2, 0) is 6.42 Å². The van der Waals surface area contributed by atoms with Crippen LogP contribution < -0.4 is 15.2 Å². The lowest BCUT2D eigenvalue weighted by atomic mass is 10.0. The zero-order chi connectivity index (χ0) is 22.5. The second-order valence-electron chi connectivity index (χ2n) is 8.57. The number of aromatic nitrogens is 3. The Morgan fingerprint density at radius 2 is 1.45 bits per heavy atom. The van der Waals surface area contributed by atoms with Gasteiger partial charge in [0.05, 0.1) is 6.21 Å². The molecule has 2 fully saturated rings. The molecule has 3 heterocycles. The number of phenolic OH excluding ortho intramolecular Hbond substituents is 1. The van der Waals surface area contributed by atoms with Gasteiger partial charge in [-0.15, -0.1) is 0 Å². The van der Waals surface area contributed by atoms with Crippen LogP contribution in [0.15, 0.2) is 53.6 Å². The smallest absolute Gasteiger partial charge is 0.250 e. The average Bonchev–Trinajstić information content (AvgIpc) is 3.56. The molecular formula is C25H29N7O. The Bertz CT molecular complexity index is 1070. The quantitative estimate of drug-likeness (QED) is 0.424. The topological polar surface area (TPSA) is 89.8 Å². The van der Waals surface area contributed by atoms with Gasteiger partial charge in [0.1, 0.15) is 5.75 Å². The highest BCUT2D eigenvalue weighted by molar-refractivity contribution is 5.84. The van der Waals surface area contributed by atoms with Gasteiger partial charge in [-0.05, 0) is 55.4 Å². The first-order valence-electron chi connectivity index (χ1n) is 11.7. The molecule has 1 aromatic heterocycles. The minimum atomic E-state index is 0.184. The molecule has 0 saturated carbocycles. The molecule has 2 aromatic carbocycles. The van der Waals surface area contributed by atoms with E-state index in [1.54, 1.807) is 12.3 Å². The summed E-state index contributed by atoms with van der Waals surface area (Å²) in [5.41, 5.74) is 5.93. The Morgan fingerprint density at radius 1 is 0.818 bits per heavy atom.